The van der Waals surface area contributed by atoms with Gasteiger partial charge in [0.1, 0.15) is 0 Å². The third kappa shape index (κ3) is 1.32. The van der Waals surface area contributed by atoms with Crippen molar-refractivity contribution in [3.63, 3.8) is 0 Å². The zero-order valence-corrected chi connectivity index (χ0v) is 7.62. The van der Waals surface area contributed by atoms with E-state index in [1.807, 2.05) is 18.3 Å². The standard InChI is InChI=1S/C11H13NO/c1-2-7-12-8-6-9-10(12)4-3-5-11(9)13/h2,6,8H,1,3-5,7H2. The first-order valence-electron chi connectivity index (χ1n) is 4.65. The minimum atomic E-state index is 0.295. The van der Waals surface area contributed by atoms with Crippen LogP contribution in [0.15, 0.2) is 24.9 Å². The number of hydrogen-bond acceptors (Lipinski definition) is 1. The van der Waals surface area contributed by atoms with E-state index in [0.29, 0.717) is 12.2 Å². The third-order valence-corrected chi connectivity index (χ3v) is 2.52. The van der Waals surface area contributed by atoms with E-state index < -0.39 is 0 Å². The molecule has 0 bridgehead atoms. The van der Waals surface area contributed by atoms with Gasteiger partial charge in [-0.1, -0.05) is 6.08 Å². The number of aromatic nitrogens is 1. The number of carbonyl (C=O) groups excluding carboxylic acids is 1. The molecule has 68 valence electrons. The van der Waals surface area contributed by atoms with Gasteiger partial charge in [0.25, 0.3) is 0 Å². The third-order valence-electron chi connectivity index (χ3n) is 2.52. The first kappa shape index (κ1) is 8.30. The van der Waals surface area contributed by atoms with Crippen LogP contribution in [0.25, 0.3) is 0 Å². The zero-order valence-electron chi connectivity index (χ0n) is 7.62. The molecule has 0 fully saturated rings. The number of allylic oxidation sites excluding steroid dienone is 1. The van der Waals surface area contributed by atoms with Crippen molar-refractivity contribution in [2.24, 2.45) is 0 Å². The minimum absolute atomic E-state index is 0.295. The van der Waals surface area contributed by atoms with Crippen LogP contribution in [-0.2, 0) is 13.0 Å². The maximum absolute atomic E-state index is 11.5. The van der Waals surface area contributed by atoms with Crippen molar-refractivity contribution in [2.75, 3.05) is 0 Å². The molecule has 1 aliphatic rings. The Labute approximate surface area is 77.9 Å². The molecule has 2 rings (SSSR count). The Hall–Kier alpha value is -1.31. The van der Waals surface area contributed by atoms with Gasteiger partial charge < -0.3 is 4.57 Å². The number of carbonyl (C=O) groups is 1. The highest BCUT2D eigenvalue weighted by molar-refractivity contribution is 5.98. The molecular weight excluding hydrogens is 162 g/mol. The lowest BCUT2D eigenvalue weighted by molar-refractivity contribution is 0.0972. The van der Waals surface area contributed by atoms with Crippen molar-refractivity contribution in [3.05, 3.63) is 36.2 Å². The maximum Gasteiger partial charge on any atom is 0.164 e. The molecule has 13 heavy (non-hydrogen) atoms. The van der Waals surface area contributed by atoms with E-state index >= 15 is 0 Å². The second-order valence-electron chi connectivity index (χ2n) is 3.39. The monoisotopic (exact) mass is 175 g/mol. The summed E-state index contributed by atoms with van der Waals surface area (Å²) in [5, 5.41) is 0. The molecule has 1 heterocycles. The Morgan fingerprint density at radius 3 is 3.15 bits per heavy atom. The van der Waals surface area contributed by atoms with Crippen LogP contribution in [-0.4, -0.2) is 10.4 Å². The quantitative estimate of drug-likeness (QED) is 0.631. The van der Waals surface area contributed by atoms with Crippen LogP contribution in [0.2, 0.25) is 0 Å². The van der Waals surface area contributed by atoms with Crippen molar-refractivity contribution in [1.29, 1.82) is 0 Å². The molecule has 0 aliphatic heterocycles. The second kappa shape index (κ2) is 3.21. The van der Waals surface area contributed by atoms with Crippen LogP contribution in [0.4, 0.5) is 0 Å². The number of Topliss-reactive ketones (excluding diaryl/α,β-unsaturated/α-hetero) is 1. The summed E-state index contributed by atoms with van der Waals surface area (Å²) in [6.45, 7) is 4.51. The van der Waals surface area contributed by atoms with Crippen LogP contribution < -0.4 is 0 Å². The van der Waals surface area contributed by atoms with Crippen LogP contribution in [0.3, 0.4) is 0 Å². The average molecular weight is 175 g/mol. The van der Waals surface area contributed by atoms with E-state index in [2.05, 4.69) is 11.1 Å². The molecule has 0 atom stereocenters. The van der Waals surface area contributed by atoms with Crippen LogP contribution in [0, 0.1) is 0 Å². The lowest BCUT2D eigenvalue weighted by atomic mass is 9.97. The summed E-state index contributed by atoms with van der Waals surface area (Å²) >= 11 is 0. The first-order valence-corrected chi connectivity index (χ1v) is 4.65. The van der Waals surface area contributed by atoms with E-state index in [-0.39, 0.29) is 0 Å². The summed E-state index contributed by atoms with van der Waals surface area (Å²) in [5.41, 5.74) is 2.12. The Bertz CT molecular complexity index is 349. The number of fused-ring (bicyclic) bond motifs is 1. The number of rotatable bonds is 2. The first-order chi connectivity index (χ1) is 6.33. The predicted molar refractivity (Wildman–Crippen MR) is 51.9 cm³/mol. The largest absolute Gasteiger partial charge is 0.347 e. The van der Waals surface area contributed by atoms with Gasteiger partial charge in [0.05, 0.1) is 0 Å². The molecule has 1 aromatic heterocycles. The zero-order chi connectivity index (χ0) is 9.26. The van der Waals surface area contributed by atoms with Crippen LogP contribution in [0.5, 0.6) is 0 Å². The number of hydrogen-bond donors (Lipinski definition) is 0. The molecule has 2 heteroatoms. The van der Waals surface area contributed by atoms with Gasteiger partial charge in [-0.3, -0.25) is 4.79 Å². The molecule has 0 saturated heterocycles. The van der Waals surface area contributed by atoms with Crippen molar-refractivity contribution >= 4 is 5.78 Å². The molecule has 2 nitrogen and oxygen atoms in total. The number of ketones is 1. The molecule has 0 unspecified atom stereocenters. The fourth-order valence-electron chi connectivity index (χ4n) is 1.90. The van der Waals surface area contributed by atoms with Crippen LogP contribution >= 0.6 is 0 Å². The summed E-state index contributed by atoms with van der Waals surface area (Å²) < 4.78 is 2.11. The molecule has 0 N–H and O–H groups in total. The van der Waals surface area contributed by atoms with Gasteiger partial charge >= 0.3 is 0 Å². The SMILES string of the molecule is C=CCn1ccc2c1CCCC2=O. The summed E-state index contributed by atoms with van der Waals surface area (Å²) in [5.74, 6) is 0.295. The normalized spacial score (nSPS) is 15.5. The summed E-state index contributed by atoms with van der Waals surface area (Å²) in [6.07, 6.45) is 6.58. The van der Waals surface area contributed by atoms with E-state index in [1.54, 1.807) is 0 Å². The second-order valence-corrected chi connectivity index (χ2v) is 3.39. The van der Waals surface area contributed by atoms with Crippen molar-refractivity contribution < 1.29 is 4.79 Å². The van der Waals surface area contributed by atoms with Gasteiger partial charge in [-0.15, -0.1) is 6.58 Å². The highest BCUT2D eigenvalue weighted by Gasteiger charge is 2.19. The van der Waals surface area contributed by atoms with Crippen molar-refractivity contribution in [3.8, 4) is 0 Å². The van der Waals surface area contributed by atoms with Gasteiger partial charge in [-0.05, 0) is 18.9 Å². The van der Waals surface area contributed by atoms with Gasteiger partial charge in [-0.2, -0.15) is 0 Å². The molecule has 0 radical (unpaired) electrons. The van der Waals surface area contributed by atoms with Crippen LogP contribution in [0.1, 0.15) is 28.9 Å². The Morgan fingerprint density at radius 1 is 1.54 bits per heavy atom. The molecule has 1 aliphatic carbocycles. The van der Waals surface area contributed by atoms with Gasteiger partial charge in [-0.25, -0.2) is 0 Å². The molecule has 0 spiro atoms. The van der Waals surface area contributed by atoms with Gasteiger partial charge in [0, 0.05) is 30.4 Å². The lowest BCUT2D eigenvalue weighted by Gasteiger charge is -2.13. The molecule has 0 saturated carbocycles. The van der Waals surface area contributed by atoms with E-state index in [9.17, 15) is 4.79 Å². The molecular formula is C11H13NO. The van der Waals surface area contributed by atoms with Crippen molar-refractivity contribution in [1.82, 2.24) is 4.57 Å². The molecule has 0 amide bonds. The predicted octanol–water partition coefficient (Wildman–Crippen LogP) is 2.19. The van der Waals surface area contributed by atoms with Crippen molar-refractivity contribution in [2.45, 2.75) is 25.8 Å². The van der Waals surface area contributed by atoms with E-state index in [0.717, 1.165) is 24.9 Å². The maximum atomic E-state index is 11.5. The Kier molecular flexibility index (Phi) is 2.05. The van der Waals surface area contributed by atoms with Gasteiger partial charge in [0.15, 0.2) is 5.78 Å². The van der Waals surface area contributed by atoms with Gasteiger partial charge in [0.2, 0.25) is 0 Å². The topological polar surface area (TPSA) is 22.0 Å². The number of nitrogens with zero attached hydrogens (tertiary/aromatic N) is 1. The van der Waals surface area contributed by atoms with E-state index in [4.69, 9.17) is 0 Å². The smallest absolute Gasteiger partial charge is 0.164 e. The highest BCUT2D eigenvalue weighted by Crippen LogP contribution is 2.22. The Morgan fingerprint density at radius 2 is 2.38 bits per heavy atom. The minimum Gasteiger partial charge on any atom is -0.347 e. The Balaban J connectivity index is 2.41. The lowest BCUT2D eigenvalue weighted by Crippen LogP contribution is -2.12. The molecule has 1 aromatic rings. The molecule has 0 aromatic carbocycles. The fraction of sp³-hybridized carbons (Fsp3) is 0.364. The summed E-state index contributed by atoms with van der Waals surface area (Å²) in [4.78, 5) is 11.5. The average Bonchev–Trinajstić information content (AvgIpc) is 2.51. The summed E-state index contributed by atoms with van der Waals surface area (Å²) in [6, 6.07) is 1.93. The highest BCUT2D eigenvalue weighted by atomic mass is 16.1. The van der Waals surface area contributed by atoms with E-state index in [1.165, 1.54) is 5.69 Å². The summed E-state index contributed by atoms with van der Waals surface area (Å²) in [7, 11) is 0. The fourth-order valence-corrected chi connectivity index (χ4v) is 1.90.